The molecule has 1 fully saturated rings. The minimum absolute atomic E-state index is 0.0171. The average Bonchev–Trinajstić information content (AvgIpc) is 3.18. The number of rotatable bonds is 1. The lowest BCUT2D eigenvalue weighted by atomic mass is 9.86. The Kier molecular flexibility index (Phi) is 4.13. The summed E-state index contributed by atoms with van der Waals surface area (Å²) in [5.74, 6) is -1.20. The largest absolute Gasteiger partial charge is 0.479 e. The predicted molar refractivity (Wildman–Crippen MR) is 105 cm³/mol. The Hall–Kier alpha value is -2.86. The molecule has 3 aromatic rings. The zero-order valence-electron chi connectivity index (χ0n) is 15.4. The lowest BCUT2D eigenvalue weighted by molar-refractivity contribution is -0.00932. The maximum absolute atomic E-state index is 13.5. The van der Waals surface area contributed by atoms with Crippen LogP contribution in [0, 0.1) is 11.6 Å². The molecule has 1 saturated heterocycles. The quantitative estimate of drug-likeness (QED) is 0.565. The Balaban J connectivity index is 1.42. The molecule has 4 nitrogen and oxygen atoms in total. The van der Waals surface area contributed by atoms with Crippen LogP contribution in [0.5, 0.6) is 5.75 Å². The Morgan fingerprint density at radius 3 is 2.48 bits per heavy atom. The van der Waals surface area contributed by atoms with E-state index in [9.17, 15) is 13.6 Å². The lowest BCUT2D eigenvalue weighted by Crippen LogP contribution is -2.50. The highest BCUT2D eigenvalue weighted by Crippen LogP contribution is 2.45. The van der Waals surface area contributed by atoms with E-state index in [0.29, 0.717) is 36.7 Å². The van der Waals surface area contributed by atoms with E-state index < -0.39 is 17.2 Å². The first-order chi connectivity index (χ1) is 13.9. The van der Waals surface area contributed by atoms with Crippen LogP contribution >= 0.6 is 11.6 Å². The van der Waals surface area contributed by atoms with Crippen molar-refractivity contribution in [1.29, 1.82) is 0 Å². The molecule has 0 N–H and O–H groups in total. The van der Waals surface area contributed by atoms with Gasteiger partial charge in [-0.3, -0.25) is 4.79 Å². The van der Waals surface area contributed by atoms with Gasteiger partial charge in [-0.05, 0) is 36.4 Å². The summed E-state index contributed by atoms with van der Waals surface area (Å²) < 4.78 is 35.5. The van der Waals surface area contributed by atoms with Crippen molar-refractivity contribution < 1.29 is 18.3 Å². The maximum atomic E-state index is 13.5. The van der Waals surface area contributed by atoms with E-state index in [2.05, 4.69) is 4.57 Å². The van der Waals surface area contributed by atoms with Crippen LogP contribution in [0.2, 0.25) is 5.02 Å². The summed E-state index contributed by atoms with van der Waals surface area (Å²) >= 11 is 6.16. The molecule has 3 heterocycles. The van der Waals surface area contributed by atoms with Crippen molar-refractivity contribution in [3.05, 3.63) is 82.6 Å². The number of nitrogens with zero attached hydrogens (tertiary/aromatic N) is 2. The maximum Gasteiger partial charge on any atom is 0.254 e. The van der Waals surface area contributed by atoms with Crippen molar-refractivity contribution in [3.63, 3.8) is 0 Å². The standard InChI is InChI=1S/C22H17ClF2N2O2/c23-15-3-4-18-19(12-15)29-22(20-2-1-7-27(18)20)5-8-26(9-6-22)21(28)14-10-16(24)13-17(25)11-14/h1-4,7,10-13H,5-6,8-9H2. The third-order valence-electron chi connectivity index (χ3n) is 5.67. The second-order valence-corrected chi connectivity index (χ2v) is 7.86. The molecular weight excluding hydrogens is 398 g/mol. The van der Waals surface area contributed by atoms with E-state index in [1.807, 2.05) is 30.5 Å². The highest BCUT2D eigenvalue weighted by atomic mass is 35.5. The lowest BCUT2D eigenvalue weighted by Gasteiger charge is -2.45. The molecular formula is C22H17ClF2N2O2. The van der Waals surface area contributed by atoms with E-state index in [1.165, 1.54) is 0 Å². The zero-order valence-corrected chi connectivity index (χ0v) is 16.1. The fourth-order valence-electron chi connectivity index (χ4n) is 4.28. The van der Waals surface area contributed by atoms with Gasteiger partial charge in [0, 0.05) is 54.8 Å². The van der Waals surface area contributed by atoms with Gasteiger partial charge in [-0.25, -0.2) is 8.78 Å². The molecule has 1 spiro atoms. The number of carbonyl (C=O) groups is 1. The van der Waals surface area contributed by atoms with Crippen LogP contribution in [-0.2, 0) is 5.60 Å². The third-order valence-corrected chi connectivity index (χ3v) is 5.91. The second-order valence-electron chi connectivity index (χ2n) is 7.42. The van der Waals surface area contributed by atoms with Crippen LogP contribution in [0.15, 0.2) is 54.7 Å². The van der Waals surface area contributed by atoms with Gasteiger partial charge in [0.2, 0.25) is 0 Å². The second kappa shape index (κ2) is 6.59. The van der Waals surface area contributed by atoms with Gasteiger partial charge in [0.25, 0.3) is 5.91 Å². The Bertz CT molecular complexity index is 1100. The molecule has 2 aliphatic heterocycles. The molecule has 2 aromatic carbocycles. The fourth-order valence-corrected chi connectivity index (χ4v) is 4.44. The number of hydrogen-bond donors (Lipinski definition) is 0. The molecule has 2 aliphatic rings. The van der Waals surface area contributed by atoms with Crippen LogP contribution in [0.3, 0.4) is 0 Å². The van der Waals surface area contributed by atoms with Crippen molar-refractivity contribution in [1.82, 2.24) is 9.47 Å². The van der Waals surface area contributed by atoms with Gasteiger partial charge in [0.05, 0.1) is 11.4 Å². The number of fused-ring (bicyclic) bond motifs is 4. The molecule has 29 heavy (non-hydrogen) atoms. The molecule has 0 bridgehead atoms. The molecule has 0 radical (unpaired) electrons. The van der Waals surface area contributed by atoms with Crippen LogP contribution in [0.4, 0.5) is 8.78 Å². The summed E-state index contributed by atoms with van der Waals surface area (Å²) in [4.78, 5) is 14.4. The SMILES string of the molecule is O=C(c1cc(F)cc(F)c1)N1CCC2(CC1)Oc1cc(Cl)ccc1-n1cccc12. The Morgan fingerprint density at radius 2 is 1.76 bits per heavy atom. The van der Waals surface area contributed by atoms with Gasteiger partial charge in [-0.1, -0.05) is 11.6 Å². The number of amides is 1. The number of hydrogen-bond acceptors (Lipinski definition) is 2. The molecule has 1 aromatic heterocycles. The van der Waals surface area contributed by atoms with Gasteiger partial charge in [0.1, 0.15) is 17.4 Å². The first-order valence-corrected chi connectivity index (χ1v) is 9.75. The van der Waals surface area contributed by atoms with E-state index in [0.717, 1.165) is 29.6 Å². The van der Waals surface area contributed by atoms with E-state index in [1.54, 1.807) is 11.0 Å². The number of likely N-dealkylation sites (tertiary alicyclic amines) is 1. The molecule has 148 valence electrons. The number of carbonyl (C=O) groups excluding carboxylic acids is 1. The highest BCUT2D eigenvalue weighted by molar-refractivity contribution is 6.30. The fraction of sp³-hybridized carbons (Fsp3) is 0.227. The average molecular weight is 415 g/mol. The van der Waals surface area contributed by atoms with Crippen LogP contribution in [0.25, 0.3) is 5.69 Å². The van der Waals surface area contributed by atoms with Crippen molar-refractivity contribution in [2.75, 3.05) is 13.1 Å². The van der Waals surface area contributed by atoms with Crippen molar-refractivity contribution in [2.24, 2.45) is 0 Å². The molecule has 7 heteroatoms. The topological polar surface area (TPSA) is 34.5 Å². The van der Waals surface area contributed by atoms with Gasteiger partial charge < -0.3 is 14.2 Å². The zero-order chi connectivity index (χ0) is 20.2. The Labute approximate surface area is 171 Å². The molecule has 1 amide bonds. The van der Waals surface area contributed by atoms with Gasteiger partial charge >= 0.3 is 0 Å². The predicted octanol–water partition coefficient (Wildman–Crippen LogP) is 4.93. The van der Waals surface area contributed by atoms with Gasteiger partial charge in [-0.2, -0.15) is 0 Å². The van der Waals surface area contributed by atoms with Gasteiger partial charge in [-0.15, -0.1) is 0 Å². The van der Waals surface area contributed by atoms with Crippen molar-refractivity contribution in [2.45, 2.75) is 18.4 Å². The Morgan fingerprint density at radius 1 is 1.03 bits per heavy atom. The monoisotopic (exact) mass is 414 g/mol. The van der Waals surface area contributed by atoms with Gasteiger partial charge in [0.15, 0.2) is 5.60 Å². The van der Waals surface area contributed by atoms with Crippen LogP contribution < -0.4 is 4.74 Å². The number of aromatic nitrogens is 1. The summed E-state index contributed by atoms with van der Waals surface area (Å²) in [7, 11) is 0. The highest BCUT2D eigenvalue weighted by Gasteiger charge is 2.44. The van der Waals surface area contributed by atoms with E-state index >= 15 is 0 Å². The first-order valence-electron chi connectivity index (χ1n) is 9.37. The summed E-state index contributed by atoms with van der Waals surface area (Å²) in [6.45, 7) is 0.829. The number of halogens is 3. The van der Waals surface area contributed by atoms with Crippen LogP contribution in [0.1, 0.15) is 28.9 Å². The number of ether oxygens (including phenoxy) is 1. The van der Waals surface area contributed by atoms with E-state index in [-0.39, 0.29) is 11.5 Å². The van der Waals surface area contributed by atoms with E-state index in [4.69, 9.17) is 16.3 Å². The molecule has 5 rings (SSSR count). The molecule has 0 aliphatic carbocycles. The summed E-state index contributed by atoms with van der Waals surface area (Å²) in [5, 5.41) is 0.593. The summed E-state index contributed by atoms with van der Waals surface area (Å²) in [6, 6.07) is 12.4. The number of piperidine rings is 1. The third kappa shape index (κ3) is 2.99. The first kappa shape index (κ1) is 18.2. The smallest absolute Gasteiger partial charge is 0.254 e. The minimum atomic E-state index is -0.760. The molecule has 0 atom stereocenters. The summed E-state index contributed by atoms with van der Waals surface area (Å²) in [6.07, 6.45) is 3.11. The van der Waals surface area contributed by atoms with Crippen molar-refractivity contribution in [3.8, 4) is 11.4 Å². The number of benzene rings is 2. The summed E-state index contributed by atoms with van der Waals surface area (Å²) in [5.41, 5.74) is 1.39. The minimum Gasteiger partial charge on any atom is -0.479 e. The van der Waals surface area contributed by atoms with Crippen molar-refractivity contribution >= 4 is 17.5 Å². The normalized spacial score (nSPS) is 16.9. The van der Waals surface area contributed by atoms with Crippen LogP contribution in [-0.4, -0.2) is 28.5 Å². The molecule has 0 unspecified atom stereocenters. The molecule has 0 saturated carbocycles.